The van der Waals surface area contributed by atoms with Gasteiger partial charge in [-0.25, -0.2) is 0 Å². The highest BCUT2D eigenvalue weighted by Crippen LogP contribution is 2.21. The van der Waals surface area contributed by atoms with Gasteiger partial charge in [0.15, 0.2) is 5.78 Å². The van der Waals surface area contributed by atoms with Crippen LogP contribution in [0, 0.1) is 5.92 Å². The molecule has 1 aliphatic rings. The Balaban J connectivity index is 0.00000341. The number of ether oxygens (including phenoxy) is 1. The monoisotopic (exact) mass is 441 g/mol. The summed E-state index contributed by atoms with van der Waals surface area (Å²) in [7, 11) is 0. The number of piperidine rings is 1. The van der Waals surface area contributed by atoms with E-state index in [2.05, 4.69) is 42.2 Å². The van der Waals surface area contributed by atoms with Gasteiger partial charge in [0.1, 0.15) is 5.75 Å². The molecule has 0 bridgehead atoms. The molecule has 0 radical (unpaired) electrons. The molecule has 2 aromatic carbocycles. The van der Waals surface area contributed by atoms with E-state index in [9.17, 15) is 4.79 Å². The van der Waals surface area contributed by atoms with E-state index < -0.39 is 0 Å². The van der Waals surface area contributed by atoms with Gasteiger partial charge in [0, 0.05) is 13.0 Å². The van der Waals surface area contributed by atoms with Crippen molar-refractivity contribution in [1.82, 2.24) is 4.90 Å². The van der Waals surface area contributed by atoms with E-state index >= 15 is 0 Å². The molecule has 0 spiro atoms. The third kappa shape index (κ3) is 9.28. The van der Waals surface area contributed by atoms with Crippen LogP contribution in [0.5, 0.6) is 5.75 Å². The van der Waals surface area contributed by atoms with Crippen molar-refractivity contribution in [2.75, 3.05) is 26.2 Å². The van der Waals surface area contributed by atoms with E-state index in [-0.39, 0.29) is 18.2 Å². The molecule has 3 rings (SSSR count). The minimum atomic E-state index is 0. The van der Waals surface area contributed by atoms with Crippen LogP contribution >= 0.6 is 12.4 Å². The number of carbonyl (C=O) groups is 1. The number of rotatable bonds is 11. The molecule has 0 unspecified atom stereocenters. The Hall–Kier alpha value is -2.10. The Bertz CT molecular complexity index is 781. The van der Waals surface area contributed by atoms with E-state index in [0.717, 1.165) is 56.3 Å². The maximum absolute atomic E-state index is 12.3. The predicted molar refractivity (Wildman–Crippen MR) is 132 cm³/mol. The van der Waals surface area contributed by atoms with Crippen LogP contribution in [0.4, 0.5) is 0 Å². The number of halogens is 1. The third-order valence-corrected chi connectivity index (χ3v) is 5.86. The van der Waals surface area contributed by atoms with Crippen LogP contribution in [0.3, 0.4) is 0 Å². The maximum atomic E-state index is 12.3. The molecule has 4 heteroatoms. The van der Waals surface area contributed by atoms with E-state index in [1.807, 2.05) is 30.3 Å². The number of allylic oxidation sites excluding steroid dienone is 1. The second-order valence-electron chi connectivity index (χ2n) is 8.30. The Labute approximate surface area is 193 Å². The second kappa shape index (κ2) is 14.1. The van der Waals surface area contributed by atoms with E-state index in [0.29, 0.717) is 6.42 Å². The van der Waals surface area contributed by atoms with Crippen molar-refractivity contribution in [2.24, 2.45) is 5.92 Å². The van der Waals surface area contributed by atoms with Crippen LogP contribution in [0.1, 0.15) is 50.2 Å². The highest BCUT2D eigenvalue weighted by atomic mass is 35.5. The van der Waals surface area contributed by atoms with Crippen molar-refractivity contribution in [3.05, 3.63) is 71.8 Å². The summed E-state index contributed by atoms with van der Waals surface area (Å²) in [5.41, 5.74) is 2.48. The first-order valence-corrected chi connectivity index (χ1v) is 11.4. The third-order valence-electron chi connectivity index (χ3n) is 5.86. The summed E-state index contributed by atoms with van der Waals surface area (Å²) in [6.45, 7) is 5.99. The van der Waals surface area contributed by atoms with Gasteiger partial charge in [-0.15, -0.1) is 12.4 Å². The van der Waals surface area contributed by atoms with Gasteiger partial charge in [-0.05, 0) is 74.0 Å². The van der Waals surface area contributed by atoms with Crippen LogP contribution in [0.15, 0.2) is 60.7 Å². The van der Waals surface area contributed by atoms with Gasteiger partial charge < -0.3 is 9.64 Å². The second-order valence-corrected chi connectivity index (χ2v) is 8.30. The number of nitrogens with zero attached hydrogens (tertiary/aromatic N) is 1. The molecule has 0 saturated carbocycles. The summed E-state index contributed by atoms with van der Waals surface area (Å²) in [5.74, 6) is 1.86. The highest BCUT2D eigenvalue weighted by molar-refractivity contribution is 5.93. The average Bonchev–Trinajstić information content (AvgIpc) is 2.79. The number of likely N-dealkylation sites (tertiary alicyclic amines) is 1. The molecule has 31 heavy (non-hydrogen) atoms. The predicted octanol–water partition coefficient (Wildman–Crippen LogP) is 6.21. The lowest BCUT2D eigenvalue weighted by molar-refractivity contribution is -0.114. The molecule has 168 valence electrons. The Morgan fingerprint density at radius 1 is 1.06 bits per heavy atom. The molecular formula is C27H36ClNO2. The summed E-state index contributed by atoms with van der Waals surface area (Å²) >= 11 is 0. The van der Waals surface area contributed by atoms with Gasteiger partial charge >= 0.3 is 0 Å². The molecule has 0 amide bonds. The lowest BCUT2D eigenvalue weighted by Gasteiger charge is -2.31. The molecular weight excluding hydrogens is 406 g/mol. The fourth-order valence-corrected chi connectivity index (χ4v) is 3.91. The Morgan fingerprint density at radius 3 is 2.45 bits per heavy atom. The van der Waals surface area contributed by atoms with Gasteiger partial charge in [0.2, 0.25) is 0 Å². The molecule has 1 saturated heterocycles. The van der Waals surface area contributed by atoms with E-state index in [1.54, 1.807) is 6.08 Å². The number of unbranched alkanes of at least 4 members (excludes halogenated alkanes) is 1. The molecule has 1 fully saturated rings. The van der Waals surface area contributed by atoms with Gasteiger partial charge in [0.25, 0.3) is 0 Å². The molecule has 0 aliphatic carbocycles. The quantitative estimate of drug-likeness (QED) is 0.306. The summed E-state index contributed by atoms with van der Waals surface area (Å²) in [6.07, 6.45) is 10.1. The molecule has 0 atom stereocenters. The maximum Gasteiger partial charge on any atom is 0.156 e. The first-order chi connectivity index (χ1) is 14.7. The number of hydrogen-bond donors (Lipinski definition) is 0. The van der Waals surface area contributed by atoms with Crippen molar-refractivity contribution >= 4 is 24.3 Å². The van der Waals surface area contributed by atoms with Gasteiger partial charge in [-0.3, -0.25) is 4.79 Å². The minimum absolute atomic E-state index is 0. The lowest BCUT2D eigenvalue weighted by Crippen LogP contribution is -2.35. The number of benzene rings is 2. The summed E-state index contributed by atoms with van der Waals surface area (Å²) < 4.78 is 5.68. The van der Waals surface area contributed by atoms with Crippen molar-refractivity contribution < 1.29 is 9.53 Å². The van der Waals surface area contributed by atoms with Crippen LogP contribution in [0.2, 0.25) is 0 Å². The highest BCUT2D eigenvalue weighted by Gasteiger charge is 2.19. The zero-order valence-electron chi connectivity index (χ0n) is 18.7. The lowest BCUT2D eigenvalue weighted by atomic mass is 9.90. The molecule has 1 heterocycles. The largest absolute Gasteiger partial charge is 0.494 e. The number of carbonyl (C=O) groups excluding carboxylic acids is 1. The van der Waals surface area contributed by atoms with Crippen LogP contribution < -0.4 is 4.74 Å². The molecule has 0 N–H and O–H groups in total. The average molecular weight is 442 g/mol. The standard InChI is InChI=1S/C27H35NO2.ClH/c1-2-3-21-30-27-13-10-23(11-14-27)9-12-26(29)17-20-28-18-15-25(16-19-28)22-24-7-5-4-6-8-24;/h4-14,25H,2-3,15-22H2,1H3;1H/b12-9+;. The molecule has 1 aliphatic heterocycles. The molecule has 0 aromatic heterocycles. The van der Waals surface area contributed by atoms with Crippen molar-refractivity contribution in [1.29, 1.82) is 0 Å². The van der Waals surface area contributed by atoms with Gasteiger partial charge in [-0.2, -0.15) is 0 Å². The smallest absolute Gasteiger partial charge is 0.156 e. The summed E-state index contributed by atoms with van der Waals surface area (Å²) in [4.78, 5) is 14.7. The topological polar surface area (TPSA) is 29.5 Å². The van der Waals surface area contributed by atoms with Gasteiger partial charge in [-0.1, -0.05) is 61.9 Å². The van der Waals surface area contributed by atoms with Gasteiger partial charge in [0.05, 0.1) is 6.61 Å². The first-order valence-electron chi connectivity index (χ1n) is 11.4. The van der Waals surface area contributed by atoms with Crippen LogP contribution in [-0.2, 0) is 11.2 Å². The number of hydrogen-bond acceptors (Lipinski definition) is 3. The van der Waals surface area contributed by atoms with E-state index in [1.165, 1.54) is 24.8 Å². The summed E-state index contributed by atoms with van der Waals surface area (Å²) in [6, 6.07) is 18.7. The Morgan fingerprint density at radius 2 is 1.77 bits per heavy atom. The normalized spacial score (nSPS) is 15.0. The Kier molecular flexibility index (Phi) is 11.4. The minimum Gasteiger partial charge on any atom is -0.494 e. The van der Waals surface area contributed by atoms with Crippen molar-refractivity contribution in [3.63, 3.8) is 0 Å². The van der Waals surface area contributed by atoms with Crippen molar-refractivity contribution in [2.45, 2.75) is 45.4 Å². The first kappa shape index (κ1) is 25.2. The van der Waals surface area contributed by atoms with Crippen LogP contribution in [0.25, 0.3) is 6.08 Å². The zero-order valence-corrected chi connectivity index (χ0v) is 19.5. The van der Waals surface area contributed by atoms with Crippen LogP contribution in [-0.4, -0.2) is 36.9 Å². The number of ketones is 1. The molecule has 3 nitrogen and oxygen atoms in total. The SMILES string of the molecule is CCCCOc1ccc(/C=C/C(=O)CCN2CCC(Cc3ccccc3)CC2)cc1.Cl. The fraction of sp³-hybridized carbons (Fsp3) is 0.444. The fourth-order valence-electron chi connectivity index (χ4n) is 3.91. The van der Waals surface area contributed by atoms with E-state index in [4.69, 9.17) is 4.74 Å². The molecule has 2 aromatic rings. The summed E-state index contributed by atoms with van der Waals surface area (Å²) in [5, 5.41) is 0. The van der Waals surface area contributed by atoms with Crippen molar-refractivity contribution in [3.8, 4) is 5.75 Å². The zero-order chi connectivity index (χ0) is 21.0.